The highest BCUT2D eigenvalue weighted by molar-refractivity contribution is 6.32. The second-order valence-corrected chi connectivity index (χ2v) is 22.9. The Balaban J connectivity index is 0.000000178. The lowest BCUT2D eigenvalue weighted by molar-refractivity contribution is -0.156. The Morgan fingerprint density at radius 3 is 1.43 bits per heavy atom. The molecule has 6 aromatic rings. The summed E-state index contributed by atoms with van der Waals surface area (Å²) < 4.78 is 42.8. The standard InChI is InChI=1S/C32H34ClN5O3.C27H26ClN5O.C2HF3O.C2H6/c1-32(2,3)41-31(40)36-21-11-8-20(9-12-21)29(39)38-23-13-14-24(38)17-22(16-23)35-30-34-18-27(33)28(37-30)26-15-10-19-6-4-5-7-25(19)26;28-24-15-30-27(32-25(24)23-12-7-16-3-1-2-4-22(16)23)31-19-13-20-10-11-21(14-19)33(20)26(34)17-5-8-18(29)9-6-17;3-2(4,5)1-6;1-2/h4-9,11-12,15,18,22-24H,10,13-14,16-17H2,1-3H3,(H,36,40)(H,34,35,37);1-6,8-9,12,15,19-21H,7,10-11,13-14,29H2,(H,30,31,32);1H;1-2H3/t22?,23-,24+;19?,20-,21+;;/i;;;1D. The van der Waals surface area contributed by atoms with Crippen molar-refractivity contribution in [3.63, 3.8) is 0 Å². The van der Waals surface area contributed by atoms with Gasteiger partial charge in [0.2, 0.25) is 18.2 Å². The largest absolute Gasteiger partial charge is 0.446 e. The van der Waals surface area contributed by atoms with Gasteiger partial charge in [0, 0.05) is 71.3 Å². The van der Waals surface area contributed by atoms with E-state index in [4.69, 9.17) is 49.8 Å². The summed E-state index contributed by atoms with van der Waals surface area (Å²) in [6.45, 7) is 7.73. The molecule has 0 saturated carbocycles. The van der Waals surface area contributed by atoms with Crippen LogP contribution in [-0.2, 0) is 22.4 Å². The fraction of sp³-hybridized carbons (Fsp3) is 0.365. The lowest BCUT2D eigenvalue weighted by Crippen LogP contribution is -2.49. The summed E-state index contributed by atoms with van der Waals surface area (Å²) in [5, 5.41) is 10.9. The Bertz CT molecular complexity index is 3410. The average molecular weight is 1170 g/mol. The number of alkyl halides is 3. The van der Waals surface area contributed by atoms with Crippen LogP contribution in [0.1, 0.15) is 142 Å². The molecule has 3 amide bonds. The number of nitrogens with two attached hydrogens (primary N) is 1. The summed E-state index contributed by atoms with van der Waals surface area (Å²) in [6.07, 6.45) is 10.7. The van der Waals surface area contributed by atoms with Crippen molar-refractivity contribution in [1.82, 2.24) is 29.7 Å². The zero-order chi connectivity index (χ0) is 59.9. The van der Waals surface area contributed by atoms with Gasteiger partial charge in [0.05, 0.1) is 33.8 Å². The highest BCUT2D eigenvalue weighted by Crippen LogP contribution is 2.41. The quantitative estimate of drug-likeness (QED) is 0.0791. The van der Waals surface area contributed by atoms with Gasteiger partial charge in [-0.3, -0.25) is 19.7 Å². The number of carbonyl (C=O) groups excluding carboxylic acids is 4. The summed E-state index contributed by atoms with van der Waals surface area (Å²) in [4.78, 5) is 70.2. The van der Waals surface area contributed by atoms with E-state index in [9.17, 15) is 27.6 Å². The first kappa shape index (κ1) is 58.4. The second kappa shape index (κ2) is 25.8. The van der Waals surface area contributed by atoms with Crippen LogP contribution >= 0.6 is 23.2 Å². The predicted molar refractivity (Wildman–Crippen MR) is 318 cm³/mol. The Hall–Kier alpha value is -7.83. The highest BCUT2D eigenvalue weighted by atomic mass is 35.5. The Morgan fingerprint density at radius 2 is 1.05 bits per heavy atom. The molecule has 15 nitrogen and oxygen atoms in total. The number of aromatic nitrogens is 4. The topological polar surface area (TPSA) is 198 Å². The molecule has 6 heterocycles. The normalized spacial score (nSPS) is 20.9. The van der Waals surface area contributed by atoms with E-state index < -0.39 is 24.2 Å². The highest BCUT2D eigenvalue weighted by Gasteiger charge is 2.45. The van der Waals surface area contributed by atoms with Crippen molar-refractivity contribution >= 4 is 81.8 Å². The summed E-state index contributed by atoms with van der Waals surface area (Å²) in [5.41, 5.74) is 16.3. The fourth-order valence-corrected chi connectivity index (χ4v) is 12.3. The molecule has 0 spiro atoms. The molecule has 6 atom stereocenters. The number of hydrogen-bond donors (Lipinski definition) is 4. The number of fused-ring (bicyclic) bond motifs is 6. The Kier molecular flexibility index (Phi) is 18.1. The SMILES string of the molecule is CC(C)(C)OC(=O)Nc1ccc(C(=O)N2[C@@H]3CC[C@H]2CC(Nc2ncc(Cl)c(C4=CCc5ccccc54)n2)C3)cc1.Nc1ccc(C(=O)N2[C@@H]3CC[C@H]2CC(Nc2ncc(Cl)c(C4=CCc5ccccc54)n2)C3)cc1.O=CC(F)(F)F.[2H]CC. The monoisotopic (exact) mass is 1170 g/mol. The van der Waals surface area contributed by atoms with E-state index in [1.54, 1.807) is 55.7 Å². The molecule has 0 radical (unpaired) electrons. The zero-order valence-electron chi connectivity index (χ0n) is 47.6. The molecule has 4 aliphatic heterocycles. The number of nitrogens with zero attached hydrogens (tertiary/aromatic N) is 6. The maximum atomic E-state index is 13.5. The van der Waals surface area contributed by atoms with Crippen LogP contribution in [0.15, 0.2) is 122 Å². The van der Waals surface area contributed by atoms with Crippen molar-refractivity contribution in [3.8, 4) is 0 Å². The van der Waals surface area contributed by atoms with E-state index in [1.807, 2.05) is 49.9 Å². The molecule has 2 aliphatic carbocycles. The molecule has 6 aliphatic rings. The van der Waals surface area contributed by atoms with Gasteiger partial charge in [-0.2, -0.15) is 13.2 Å². The number of ether oxygens (including phenoxy) is 1. The maximum Gasteiger partial charge on any atom is 0.446 e. The molecule has 2 unspecified atom stereocenters. The van der Waals surface area contributed by atoms with Crippen LogP contribution in [0, 0.1) is 0 Å². The van der Waals surface area contributed by atoms with E-state index in [2.05, 4.69) is 79.4 Å². The number of aldehydes is 1. The van der Waals surface area contributed by atoms with Crippen LogP contribution in [0.25, 0.3) is 11.1 Å². The van der Waals surface area contributed by atoms with Crippen LogP contribution in [0.4, 0.5) is 41.2 Å². The number of halogens is 5. The van der Waals surface area contributed by atoms with Crippen molar-refractivity contribution in [2.45, 2.75) is 147 Å². The Labute approximate surface area is 492 Å². The molecular weight excluding hydrogens is 1100 g/mol. The molecule has 2 aromatic heterocycles. The van der Waals surface area contributed by atoms with Crippen molar-refractivity contribution in [2.75, 3.05) is 21.7 Å². The third kappa shape index (κ3) is 14.3. The number of anilines is 4. The van der Waals surface area contributed by atoms with Crippen molar-refractivity contribution in [3.05, 3.63) is 176 Å². The number of carbonyl (C=O) groups is 4. The van der Waals surface area contributed by atoms with Crippen LogP contribution < -0.4 is 21.7 Å². The molecule has 4 fully saturated rings. The number of rotatable bonds is 9. The van der Waals surface area contributed by atoms with E-state index in [0.29, 0.717) is 51.3 Å². The molecule has 20 heteroatoms. The van der Waals surface area contributed by atoms with E-state index in [0.717, 1.165) is 92.3 Å². The number of amides is 3. The summed E-state index contributed by atoms with van der Waals surface area (Å²) >= 11 is 13.1. The first-order chi connectivity index (χ1) is 40.2. The van der Waals surface area contributed by atoms with E-state index in [-0.39, 0.29) is 48.1 Å². The Morgan fingerprint density at radius 1 is 0.663 bits per heavy atom. The van der Waals surface area contributed by atoms with Gasteiger partial charge < -0.3 is 30.9 Å². The van der Waals surface area contributed by atoms with Gasteiger partial charge in [-0.05, 0) is 156 Å². The lowest BCUT2D eigenvalue weighted by Gasteiger charge is -2.39. The van der Waals surface area contributed by atoms with Gasteiger partial charge in [-0.1, -0.05) is 97.7 Å². The van der Waals surface area contributed by atoms with Gasteiger partial charge in [0.1, 0.15) is 5.60 Å². The zero-order valence-corrected chi connectivity index (χ0v) is 48.1. The third-order valence-electron chi connectivity index (χ3n) is 15.3. The van der Waals surface area contributed by atoms with Gasteiger partial charge >= 0.3 is 12.3 Å². The first-order valence-electron chi connectivity index (χ1n) is 28.5. The van der Waals surface area contributed by atoms with Crippen molar-refractivity contribution in [2.24, 2.45) is 0 Å². The first-order valence-corrected chi connectivity index (χ1v) is 28.5. The van der Waals surface area contributed by atoms with Crippen LogP contribution in [0.2, 0.25) is 10.0 Å². The van der Waals surface area contributed by atoms with Gasteiger partial charge in [0.25, 0.3) is 11.8 Å². The fourth-order valence-electron chi connectivity index (χ4n) is 11.9. The minimum absolute atomic E-state index is 0.0247. The molecule has 4 saturated heterocycles. The minimum Gasteiger partial charge on any atom is -0.444 e. The number of nitrogen functional groups attached to an aromatic ring is 1. The molecule has 434 valence electrons. The number of allylic oxidation sites excluding steroid dienone is 2. The third-order valence-corrected chi connectivity index (χ3v) is 15.9. The molecule has 4 bridgehead atoms. The van der Waals surface area contributed by atoms with Crippen LogP contribution in [-0.4, -0.2) is 102 Å². The van der Waals surface area contributed by atoms with Crippen LogP contribution in [0.3, 0.4) is 0 Å². The molecule has 12 rings (SSSR count). The number of piperidine rings is 2. The molecule has 83 heavy (non-hydrogen) atoms. The molecule has 5 N–H and O–H groups in total. The van der Waals surface area contributed by atoms with Crippen molar-refractivity contribution in [1.29, 1.82) is 0 Å². The number of hydrogen-bond acceptors (Lipinski definition) is 12. The number of benzene rings is 4. The predicted octanol–water partition coefficient (Wildman–Crippen LogP) is 13.4. The molecule has 4 aromatic carbocycles. The van der Waals surface area contributed by atoms with Gasteiger partial charge in [-0.25, -0.2) is 24.7 Å². The van der Waals surface area contributed by atoms with E-state index in [1.165, 1.54) is 16.7 Å². The van der Waals surface area contributed by atoms with E-state index >= 15 is 0 Å². The number of nitrogens with one attached hydrogen (secondary N) is 3. The van der Waals surface area contributed by atoms with Crippen LogP contribution in [0.5, 0.6) is 0 Å². The van der Waals surface area contributed by atoms with Gasteiger partial charge in [-0.15, -0.1) is 0 Å². The summed E-state index contributed by atoms with van der Waals surface area (Å²) in [7, 11) is 0. The average Bonchev–Trinajstić information content (AvgIpc) is 3.46. The minimum atomic E-state index is -4.64. The van der Waals surface area contributed by atoms with Crippen molar-refractivity contribution < 1.29 is 38.5 Å². The lowest BCUT2D eigenvalue weighted by atomic mass is 9.96. The molecular formula is C63H67Cl2F3N10O5. The second-order valence-electron chi connectivity index (χ2n) is 22.0. The summed E-state index contributed by atoms with van der Waals surface area (Å²) in [5.74, 6) is 1.28. The maximum absolute atomic E-state index is 13.5. The van der Waals surface area contributed by atoms with Gasteiger partial charge in [0.15, 0.2) is 0 Å². The summed E-state index contributed by atoms with van der Waals surface area (Å²) in [6, 6.07) is 32.0. The smallest absolute Gasteiger partial charge is 0.444 e.